The third kappa shape index (κ3) is 5.46. The van der Waals surface area contributed by atoms with E-state index in [1.54, 1.807) is 0 Å². The molecule has 3 rings (SSSR count). The molecular formula is C22H31N3O2. The van der Waals surface area contributed by atoms with Crippen LogP contribution in [0, 0.1) is 22.7 Å². The monoisotopic (exact) mass is 369 g/mol. The summed E-state index contributed by atoms with van der Waals surface area (Å²) in [5.74, 6) is 1.55. The second kappa shape index (κ2) is 8.75. The second-order valence-electron chi connectivity index (χ2n) is 8.44. The summed E-state index contributed by atoms with van der Waals surface area (Å²) in [7, 11) is 0. The number of nitrogens with zero attached hydrogens (tertiary/aromatic N) is 3. The van der Waals surface area contributed by atoms with Crippen LogP contribution in [0.3, 0.4) is 0 Å². The van der Waals surface area contributed by atoms with Crippen molar-refractivity contribution in [3.8, 4) is 11.8 Å². The molecule has 146 valence electrons. The molecule has 5 heteroatoms. The first-order chi connectivity index (χ1) is 13.0. The number of amides is 1. The van der Waals surface area contributed by atoms with E-state index < -0.39 is 0 Å². The number of hydrogen-bond donors (Lipinski definition) is 0. The van der Waals surface area contributed by atoms with Crippen molar-refractivity contribution in [1.29, 1.82) is 5.26 Å². The lowest BCUT2D eigenvalue weighted by Crippen LogP contribution is -2.40. The van der Waals surface area contributed by atoms with Crippen LogP contribution in [-0.4, -0.2) is 48.5 Å². The number of ether oxygens (including phenoxy) is 1. The quantitative estimate of drug-likeness (QED) is 0.798. The fourth-order valence-corrected chi connectivity index (χ4v) is 3.76. The summed E-state index contributed by atoms with van der Waals surface area (Å²) in [6.07, 6.45) is 4.04. The van der Waals surface area contributed by atoms with E-state index in [1.165, 1.54) is 5.56 Å². The maximum atomic E-state index is 12.3. The van der Waals surface area contributed by atoms with E-state index in [2.05, 4.69) is 36.9 Å². The van der Waals surface area contributed by atoms with Gasteiger partial charge >= 0.3 is 0 Å². The van der Waals surface area contributed by atoms with Crippen molar-refractivity contribution in [2.24, 2.45) is 11.3 Å². The molecule has 2 fully saturated rings. The molecule has 27 heavy (non-hydrogen) atoms. The molecule has 1 aromatic rings. The Morgan fingerprint density at radius 3 is 2.41 bits per heavy atom. The van der Waals surface area contributed by atoms with E-state index in [0.29, 0.717) is 0 Å². The van der Waals surface area contributed by atoms with Gasteiger partial charge in [-0.1, -0.05) is 19.1 Å². The molecule has 0 saturated carbocycles. The Labute approximate surface area is 162 Å². The van der Waals surface area contributed by atoms with Gasteiger partial charge in [-0.15, -0.1) is 0 Å². The molecule has 0 aliphatic carbocycles. The Morgan fingerprint density at radius 1 is 1.19 bits per heavy atom. The van der Waals surface area contributed by atoms with Gasteiger partial charge in [-0.25, -0.2) is 0 Å². The van der Waals surface area contributed by atoms with Gasteiger partial charge in [0.2, 0.25) is 0 Å². The number of rotatable bonds is 5. The van der Waals surface area contributed by atoms with Crippen LogP contribution in [0.15, 0.2) is 24.3 Å². The standard InChI is InChI=1S/C22H31N3O2/c1-18-7-11-25(12-8-18)21(26)16-27-20-5-3-19(4-6-20)15-24-13-9-22(2,17-23)10-14-24/h3-6,18H,7-16H2,1-2H3. The SMILES string of the molecule is CC1CCN(C(=O)COc2ccc(CN3CCC(C)(C#N)CC3)cc2)CC1. The van der Waals surface area contributed by atoms with Gasteiger partial charge in [-0.2, -0.15) is 5.26 Å². The first kappa shape index (κ1) is 19.7. The van der Waals surface area contributed by atoms with Crippen LogP contribution in [0.25, 0.3) is 0 Å². The smallest absolute Gasteiger partial charge is 0.260 e. The summed E-state index contributed by atoms with van der Waals surface area (Å²) >= 11 is 0. The molecular weight excluding hydrogens is 338 g/mol. The molecule has 0 aromatic heterocycles. The van der Waals surface area contributed by atoms with Crippen molar-refractivity contribution in [2.75, 3.05) is 32.8 Å². The average Bonchev–Trinajstić information content (AvgIpc) is 2.70. The van der Waals surface area contributed by atoms with Crippen LogP contribution in [0.1, 0.15) is 45.1 Å². The van der Waals surface area contributed by atoms with Crippen molar-refractivity contribution in [1.82, 2.24) is 9.80 Å². The number of piperidine rings is 2. The number of likely N-dealkylation sites (tertiary alicyclic amines) is 2. The predicted molar refractivity (Wildman–Crippen MR) is 105 cm³/mol. The van der Waals surface area contributed by atoms with Crippen LogP contribution in [0.2, 0.25) is 0 Å². The van der Waals surface area contributed by atoms with Crippen molar-refractivity contribution < 1.29 is 9.53 Å². The largest absolute Gasteiger partial charge is 0.484 e. The summed E-state index contributed by atoms with van der Waals surface area (Å²) < 4.78 is 5.69. The van der Waals surface area contributed by atoms with Crippen molar-refractivity contribution in [3.63, 3.8) is 0 Å². The minimum absolute atomic E-state index is 0.0832. The minimum Gasteiger partial charge on any atom is -0.484 e. The summed E-state index contributed by atoms with van der Waals surface area (Å²) in [6, 6.07) is 10.5. The number of hydrogen-bond acceptors (Lipinski definition) is 4. The maximum absolute atomic E-state index is 12.3. The molecule has 2 heterocycles. The molecule has 2 aliphatic rings. The Morgan fingerprint density at radius 2 is 1.81 bits per heavy atom. The van der Waals surface area contributed by atoms with Crippen LogP contribution >= 0.6 is 0 Å². The van der Waals surface area contributed by atoms with Crippen LogP contribution in [0.4, 0.5) is 0 Å². The molecule has 0 atom stereocenters. The fraction of sp³-hybridized carbons (Fsp3) is 0.636. The summed E-state index contributed by atoms with van der Waals surface area (Å²) in [6.45, 7) is 8.94. The zero-order valence-electron chi connectivity index (χ0n) is 16.6. The molecule has 5 nitrogen and oxygen atoms in total. The highest BCUT2D eigenvalue weighted by atomic mass is 16.5. The van der Waals surface area contributed by atoms with Crippen molar-refractivity contribution in [2.45, 2.75) is 46.1 Å². The first-order valence-corrected chi connectivity index (χ1v) is 10.1. The molecule has 1 amide bonds. The molecule has 0 N–H and O–H groups in total. The number of benzene rings is 1. The van der Waals surface area contributed by atoms with Gasteiger partial charge in [0.15, 0.2) is 6.61 Å². The highest BCUT2D eigenvalue weighted by Crippen LogP contribution is 2.30. The van der Waals surface area contributed by atoms with Crippen LogP contribution in [0.5, 0.6) is 5.75 Å². The molecule has 2 saturated heterocycles. The molecule has 0 bridgehead atoms. The van der Waals surface area contributed by atoms with Crippen LogP contribution in [-0.2, 0) is 11.3 Å². The second-order valence-corrected chi connectivity index (χ2v) is 8.44. The zero-order chi connectivity index (χ0) is 19.3. The van der Waals surface area contributed by atoms with E-state index in [4.69, 9.17) is 4.74 Å². The van der Waals surface area contributed by atoms with E-state index >= 15 is 0 Å². The van der Waals surface area contributed by atoms with Gasteiger partial charge in [0.25, 0.3) is 5.91 Å². The molecule has 0 unspecified atom stereocenters. The average molecular weight is 370 g/mol. The van der Waals surface area contributed by atoms with E-state index in [-0.39, 0.29) is 17.9 Å². The minimum atomic E-state index is -0.160. The topological polar surface area (TPSA) is 56.6 Å². The van der Waals surface area contributed by atoms with Gasteiger partial charge in [-0.05, 0) is 69.3 Å². The molecule has 0 spiro atoms. The van der Waals surface area contributed by atoms with E-state index in [9.17, 15) is 10.1 Å². The fourth-order valence-electron chi connectivity index (χ4n) is 3.76. The summed E-state index contributed by atoms with van der Waals surface area (Å²) in [5.41, 5.74) is 1.08. The Bertz CT molecular complexity index is 664. The van der Waals surface area contributed by atoms with Crippen molar-refractivity contribution in [3.05, 3.63) is 29.8 Å². The third-order valence-corrected chi connectivity index (χ3v) is 6.06. The van der Waals surface area contributed by atoms with Gasteiger partial charge in [0, 0.05) is 19.6 Å². The first-order valence-electron chi connectivity index (χ1n) is 10.1. The van der Waals surface area contributed by atoms with Crippen LogP contribution < -0.4 is 4.74 Å². The molecule has 0 radical (unpaired) electrons. The van der Waals surface area contributed by atoms with Crippen molar-refractivity contribution >= 4 is 5.91 Å². The highest BCUT2D eigenvalue weighted by molar-refractivity contribution is 5.77. The summed E-state index contributed by atoms with van der Waals surface area (Å²) in [5, 5.41) is 9.23. The lowest BCUT2D eigenvalue weighted by Gasteiger charge is -2.34. The number of carbonyl (C=O) groups excluding carboxylic acids is 1. The van der Waals surface area contributed by atoms with E-state index in [1.807, 2.05) is 17.0 Å². The Kier molecular flexibility index (Phi) is 6.38. The van der Waals surface area contributed by atoms with E-state index in [0.717, 1.165) is 70.1 Å². The predicted octanol–water partition coefficient (Wildman–Crippen LogP) is 3.45. The lowest BCUT2D eigenvalue weighted by atomic mass is 9.82. The lowest BCUT2D eigenvalue weighted by molar-refractivity contribution is -0.134. The zero-order valence-corrected chi connectivity index (χ0v) is 16.6. The Balaban J connectivity index is 1.42. The highest BCUT2D eigenvalue weighted by Gasteiger charge is 2.29. The van der Waals surface area contributed by atoms with Gasteiger partial charge in [0.05, 0.1) is 11.5 Å². The maximum Gasteiger partial charge on any atom is 0.260 e. The third-order valence-electron chi connectivity index (χ3n) is 6.06. The Hall–Kier alpha value is -2.06. The molecule has 2 aliphatic heterocycles. The molecule has 1 aromatic carbocycles. The normalized spacial score (nSPS) is 20.9. The van der Waals surface area contributed by atoms with Gasteiger partial charge in [0.1, 0.15) is 5.75 Å². The van der Waals surface area contributed by atoms with Gasteiger partial charge < -0.3 is 9.64 Å². The van der Waals surface area contributed by atoms with Gasteiger partial charge in [-0.3, -0.25) is 9.69 Å². The number of nitriles is 1. The number of carbonyl (C=O) groups is 1. The summed E-state index contributed by atoms with van der Waals surface area (Å²) in [4.78, 5) is 16.6.